The predicted molar refractivity (Wildman–Crippen MR) is 101 cm³/mol. The molecule has 154 valence electrons. The van der Waals surface area contributed by atoms with E-state index in [4.69, 9.17) is 4.74 Å². The zero-order valence-corrected chi connectivity index (χ0v) is 16.6. The highest BCUT2D eigenvalue weighted by molar-refractivity contribution is 5.86. The Balaban J connectivity index is 1.62. The van der Waals surface area contributed by atoms with Crippen LogP contribution in [0.25, 0.3) is 0 Å². The van der Waals surface area contributed by atoms with Gasteiger partial charge in [0.15, 0.2) is 0 Å². The first-order valence-corrected chi connectivity index (χ1v) is 9.76. The Morgan fingerprint density at radius 1 is 1.25 bits per heavy atom. The summed E-state index contributed by atoms with van der Waals surface area (Å²) in [6, 6.07) is 2.16. The first-order valence-electron chi connectivity index (χ1n) is 9.76. The molecular formula is C20H28FN3O4. The average molecular weight is 393 g/mol. The summed E-state index contributed by atoms with van der Waals surface area (Å²) in [6.45, 7) is 6.47. The van der Waals surface area contributed by atoms with Crippen molar-refractivity contribution in [1.82, 2.24) is 14.8 Å². The molecule has 28 heavy (non-hydrogen) atoms. The third-order valence-electron chi connectivity index (χ3n) is 5.27. The van der Waals surface area contributed by atoms with Crippen LogP contribution >= 0.6 is 0 Å². The number of hydrogen-bond donors (Lipinski definition) is 1. The Kier molecular flexibility index (Phi) is 5.76. The molecule has 0 spiro atoms. The summed E-state index contributed by atoms with van der Waals surface area (Å²) < 4.78 is 18.7. The molecule has 0 radical (unpaired) electrons. The summed E-state index contributed by atoms with van der Waals surface area (Å²) in [6.07, 6.45) is 2.98. The second-order valence-electron chi connectivity index (χ2n) is 8.56. The number of likely N-dealkylation sites (tertiary alicyclic amines) is 1. The lowest BCUT2D eigenvalue weighted by molar-refractivity contribution is -0.141. The molecule has 1 saturated heterocycles. The van der Waals surface area contributed by atoms with E-state index in [9.17, 15) is 19.1 Å². The molecule has 2 heterocycles. The lowest BCUT2D eigenvalue weighted by Gasteiger charge is -2.42. The van der Waals surface area contributed by atoms with Crippen LogP contribution in [0.5, 0.6) is 5.88 Å². The summed E-state index contributed by atoms with van der Waals surface area (Å²) in [7, 11) is 0. The van der Waals surface area contributed by atoms with Crippen molar-refractivity contribution in [2.75, 3.05) is 13.1 Å². The number of nitrogens with zero attached hydrogens (tertiary/aromatic N) is 3. The molecule has 1 aromatic heterocycles. The minimum Gasteiger partial charge on any atom is -0.474 e. The van der Waals surface area contributed by atoms with E-state index in [1.54, 1.807) is 4.90 Å². The summed E-state index contributed by atoms with van der Waals surface area (Å²) >= 11 is 0. The van der Waals surface area contributed by atoms with E-state index in [1.807, 2.05) is 20.8 Å². The van der Waals surface area contributed by atoms with Gasteiger partial charge in [-0.2, -0.15) is 0 Å². The van der Waals surface area contributed by atoms with E-state index in [2.05, 4.69) is 4.98 Å². The zero-order valence-electron chi connectivity index (χ0n) is 16.6. The van der Waals surface area contributed by atoms with Gasteiger partial charge >= 0.3 is 6.09 Å². The van der Waals surface area contributed by atoms with Gasteiger partial charge < -0.3 is 14.7 Å². The molecule has 1 atom stereocenters. The predicted octanol–water partition coefficient (Wildman–Crippen LogP) is 3.15. The van der Waals surface area contributed by atoms with Crippen LogP contribution < -0.4 is 4.74 Å². The summed E-state index contributed by atoms with van der Waals surface area (Å²) in [4.78, 5) is 32.1. The number of halogens is 1. The van der Waals surface area contributed by atoms with Gasteiger partial charge in [0, 0.05) is 37.5 Å². The van der Waals surface area contributed by atoms with Crippen LogP contribution in [-0.4, -0.2) is 62.7 Å². The van der Waals surface area contributed by atoms with E-state index in [-0.39, 0.29) is 17.9 Å². The molecule has 3 rings (SSSR count). The number of carboxylic acid groups (broad SMARTS) is 1. The Hall–Kier alpha value is -2.38. The van der Waals surface area contributed by atoms with Gasteiger partial charge in [0.1, 0.15) is 18.0 Å². The van der Waals surface area contributed by atoms with Gasteiger partial charge in [-0.1, -0.05) is 0 Å². The highest BCUT2D eigenvalue weighted by atomic mass is 19.1. The largest absolute Gasteiger partial charge is 0.474 e. The van der Waals surface area contributed by atoms with Crippen molar-refractivity contribution in [1.29, 1.82) is 0 Å². The number of aromatic nitrogens is 1. The third kappa shape index (κ3) is 4.72. The van der Waals surface area contributed by atoms with Gasteiger partial charge in [-0.3, -0.25) is 9.69 Å². The topological polar surface area (TPSA) is 83.0 Å². The Morgan fingerprint density at radius 2 is 1.89 bits per heavy atom. The Bertz CT molecular complexity index is 707. The molecule has 8 heteroatoms. The molecule has 1 aliphatic heterocycles. The SMILES string of the molecule is CC(C)(C)N(C(=O)O)[C@H](C(=O)N1CCC(Oc2ccc(F)cn2)CC1)C1CC1. The van der Waals surface area contributed by atoms with Crippen molar-refractivity contribution >= 4 is 12.0 Å². The summed E-state index contributed by atoms with van der Waals surface area (Å²) in [5, 5.41) is 9.73. The number of pyridine rings is 1. The smallest absolute Gasteiger partial charge is 0.408 e. The first-order chi connectivity index (χ1) is 13.2. The lowest BCUT2D eigenvalue weighted by atomic mass is 9.98. The number of carbonyl (C=O) groups excluding carboxylic acids is 1. The van der Waals surface area contributed by atoms with Crippen LogP contribution in [0.3, 0.4) is 0 Å². The van der Waals surface area contributed by atoms with E-state index in [0.29, 0.717) is 31.8 Å². The van der Waals surface area contributed by atoms with Gasteiger partial charge in [-0.25, -0.2) is 14.2 Å². The van der Waals surface area contributed by atoms with Crippen LogP contribution in [0.4, 0.5) is 9.18 Å². The fourth-order valence-electron chi connectivity index (χ4n) is 3.74. The van der Waals surface area contributed by atoms with Crippen LogP contribution in [0, 0.1) is 11.7 Å². The van der Waals surface area contributed by atoms with Crippen molar-refractivity contribution < 1.29 is 23.8 Å². The van der Waals surface area contributed by atoms with Crippen LogP contribution in [0.2, 0.25) is 0 Å². The Morgan fingerprint density at radius 3 is 2.36 bits per heavy atom. The molecule has 7 nitrogen and oxygen atoms in total. The minimum atomic E-state index is -1.06. The standard InChI is InChI=1S/C20H28FN3O4/c1-20(2,3)24(19(26)27)17(13-4-5-13)18(25)23-10-8-15(9-11-23)28-16-7-6-14(21)12-22-16/h6-7,12-13,15,17H,4-5,8-11H2,1-3H3,(H,26,27)/t17-/m0/s1. The molecule has 2 amide bonds. The summed E-state index contributed by atoms with van der Waals surface area (Å²) in [5.41, 5.74) is -0.648. The quantitative estimate of drug-likeness (QED) is 0.831. The van der Waals surface area contributed by atoms with Gasteiger partial charge in [0.25, 0.3) is 0 Å². The lowest BCUT2D eigenvalue weighted by Crippen LogP contribution is -2.59. The number of rotatable bonds is 5. The van der Waals surface area contributed by atoms with Crippen LogP contribution in [0.15, 0.2) is 18.3 Å². The third-order valence-corrected chi connectivity index (χ3v) is 5.27. The van der Waals surface area contributed by atoms with Crippen molar-refractivity contribution in [3.05, 3.63) is 24.1 Å². The van der Waals surface area contributed by atoms with Crippen LogP contribution in [0.1, 0.15) is 46.5 Å². The first kappa shape index (κ1) is 20.4. The number of ether oxygens (including phenoxy) is 1. The highest BCUT2D eigenvalue weighted by Gasteiger charge is 2.48. The average Bonchev–Trinajstić information content (AvgIpc) is 3.45. The molecule has 2 fully saturated rings. The van der Waals surface area contributed by atoms with Gasteiger partial charge in [0.05, 0.1) is 6.20 Å². The number of piperidine rings is 1. The van der Waals surface area contributed by atoms with Crippen LogP contribution in [-0.2, 0) is 4.79 Å². The van der Waals surface area contributed by atoms with Crippen molar-refractivity contribution in [3.63, 3.8) is 0 Å². The second kappa shape index (κ2) is 7.93. The summed E-state index contributed by atoms with van der Waals surface area (Å²) in [5.74, 6) is -0.0640. The zero-order chi connectivity index (χ0) is 20.5. The molecule has 2 aliphatic rings. The van der Waals surface area contributed by atoms with Gasteiger partial charge in [-0.15, -0.1) is 0 Å². The fraction of sp³-hybridized carbons (Fsp3) is 0.650. The second-order valence-corrected chi connectivity index (χ2v) is 8.56. The van der Waals surface area contributed by atoms with Crippen molar-refractivity contribution in [3.8, 4) is 5.88 Å². The minimum absolute atomic E-state index is 0.0974. The molecular weight excluding hydrogens is 365 g/mol. The fourth-order valence-corrected chi connectivity index (χ4v) is 3.74. The maximum absolute atomic E-state index is 13.2. The van der Waals surface area contributed by atoms with Gasteiger partial charge in [-0.05, 0) is 45.6 Å². The maximum atomic E-state index is 13.2. The highest BCUT2D eigenvalue weighted by Crippen LogP contribution is 2.39. The van der Waals surface area contributed by atoms with Crippen molar-refractivity contribution in [2.24, 2.45) is 5.92 Å². The number of hydrogen-bond acceptors (Lipinski definition) is 4. The normalized spacial score (nSPS) is 19.2. The molecule has 1 N–H and O–H groups in total. The molecule has 0 aromatic carbocycles. The van der Waals surface area contributed by atoms with E-state index >= 15 is 0 Å². The molecule has 0 unspecified atom stereocenters. The van der Waals surface area contributed by atoms with E-state index < -0.39 is 23.5 Å². The van der Waals surface area contributed by atoms with E-state index in [0.717, 1.165) is 19.0 Å². The monoisotopic (exact) mass is 393 g/mol. The van der Waals surface area contributed by atoms with E-state index in [1.165, 1.54) is 17.0 Å². The molecule has 0 bridgehead atoms. The maximum Gasteiger partial charge on any atom is 0.408 e. The molecule has 1 aliphatic carbocycles. The number of amides is 2. The Labute approximate surface area is 164 Å². The molecule has 1 aromatic rings. The van der Waals surface area contributed by atoms with Gasteiger partial charge in [0.2, 0.25) is 11.8 Å². The molecule has 1 saturated carbocycles. The van der Waals surface area contributed by atoms with Crippen molar-refractivity contribution in [2.45, 2.75) is 64.1 Å². The number of carbonyl (C=O) groups is 2.